The van der Waals surface area contributed by atoms with Crippen LogP contribution in [0.2, 0.25) is 0 Å². The van der Waals surface area contributed by atoms with Crippen LogP contribution in [0.5, 0.6) is 0 Å². The van der Waals surface area contributed by atoms with Crippen molar-refractivity contribution in [2.24, 2.45) is 5.92 Å². The van der Waals surface area contributed by atoms with Crippen molar-refractivity contribution in [2.45, 2.75) is 19.8 Å². The van der Waals surface area contributed by atoms with Gasteiger partial charge in [-0.15, -0.1) is 0 Å². The molecule has 0 spiro atoms. The largest absolute Gasteiger partial charge is 0.371 e. The molecule has 0 bridgehead atoms. The van der Waals surface area contributed by atoms with Gasteiger partial charge in [0.1, 0.15) is 0 Å². The van der Waals surface area contributed by atoms with Gasteiger partial charge in [-0.25, -0.2) is 0 Å². The Bertz CT molecular complexity index is 791. The normalized spacial score (nSPS) is 22.9. The molecule has 2 atom stereocenters. The lowest BCUT2D eigenvalue weighted by Gasteiger charge is -2.41. The fraction of sp³-hybridized carbons (Fsp3) is 0.417. The van der Waals surface area contributed by atoms with E-state index in [1.165, 1.54) is 28.1 Å². The molecule has 0 unspecified atom stereocenters. The van der Waals surface area contributed by atoms with E-state index in [1.807, 2.05) is 0 Å². The average Bonchev–Trinajstić information content (AvgIpc) is 3.20. The Morgan fingerprint density at radius 2 is 1.70 bits per heavy atom. The van der Waals surface area contributed by atoms with Gasteiger partial charge >= 0.3 is 0 Å². The third kappa shape index (κ3) is 3.74. The molecule has 142 valence electrons. The number of aryl methyl sites for hydroxylation is 2. The maximum Gasteiger partial charge on any atom is 0.0399 e. The van der Waals surface area contributed by atoms with Crippen LogP contribution in [0.4, 0.5) is 5.69 Å². The van der Waals surface area contributed by atoms with E-state index in [-0.39, 0.29) is 0 Å². The minimum absolute atomic E-state index is 0.500. The first kappa shape index (κ1) is 18.1. The maximum absolute atomic E-state index is 4.53. The number of rotatable bonds is 4. The van der Waals surface area contributed by atoms with Gasteiger partial charge in [0.05, 0.1) is 0 Å². The molecule has 0 saturated carbocycles. The first-order valence-corrected chi connectivity index (χ1v) is 10.1. The molecule has 3 nitrogen and oxygen atoms in total. The Morgan fingerprint density at radius 3 is 2.44 bits per heavy atom. The minimum Gasteiger partial charge on any atom is -0.371 e. The standard InChI is InChI=1S/C24H31N3/c1-18-9-10-19(2)24(15-18)27-13-11-26(12-14-27)20(3)22-16-25-17-23(22)21-7-5-4-6-8-21/h4-10,15,22-23,25H,3,11-14,16-17H2,1-2H3/t22-,23+/m1/s1. The molecule has 2 aromatic rings. The van der Waals surface area contributed by atoms with Crippen LogP contribution in [0, 0.1) is 19.8 Å². The lowest BCUT2D eigenvalue weighted by molar-refractivity contribution is 0.284. The third-order valence-corrected chi connectivity index (χ3v) is 6.26. The van der Waals surface area contributed by atoms with Crippen LogP contribution in [0.25, 0.3) is 0 Å². The zero-order chi connectivity index (χ0) is 18.8. The number of anilines is 1. The quantitative estimate of drug-likeness (QED) is 0.890. The Hall–Kier alpha value is -2.26. The highest BCUT2D eigenvalue weighted by Gasteiger charge is 2.33. The molecule has 2 fully saturated rings. The number of nitrogens with one attached hydrogen (secondary N) is 1. The molecule has 4 rings (SSSR count). The first-order valence-electron chi connectivity index (χ1n) is 10.1. The SMILES string of the molecule is C=C([C@H]1CNC[C@H]1c1ccccc1)N1CCN(c2cc(C)ccc2C)CC1. The second kappa shape index (κ2) is 7.77. The highest BCUT2D eigenvalue weighted by molar-refractivity contribution is 5.55. The van der Waals surface area contributed by atoms with E-state index in [0.717, 1.165) is 39.3 Å². The van der Waals surface area contributed by atoms with E-state index < -0.39 is 0 Å². The fourth-order valence-electron chi connectivity index (χ4n) is 4.61. The summed E-state index contributed by atoms with van der Waals surface area (Å²) in [6.45, 7) is 15.3. The summed E-state index contributed by atoms with van der Waals surface area (Å²) < 4.78 is 0. The van der Waals surface area contributed by atoms with Crippen LogP contribution in [0.3, 0.4) is 0 Å². The fourth-order valence-corrected chi connectivity index (χ4v) is 4.61. The maximum atomic E-state index is 4.53. The lowest BCUT2D eigenvalue weighted by Crippen LogP contribution is -2.47. The van der Waals surface area contributed by atoms with Crippen molar-refractivity contribution in [2.75, 3.05) is 44.2 Å². The molecule has 27 heavy (non-hydrogen) atoms. The molecule has 3 heteroatoms. The van der Waals surface area contributed by atoms with Crippen LogP contribution in [-0.4, -0.2) is 44.2 Å². The number of hydrogen-bond donors (Lipinski definition) is 1. The molecule has 2 aliphatic rings. The molecule has 0 aliphatic carbocycles. The van der Waals surface area contributed by atoms with E-state index in [0.29, 0.717) is 11.8 Å². The molecule has 0 amide bonds. The topological polar surface area (TPSA) is 18.5 Å². The Labute approximate surface area is 163 Å². The smallest absolute Gasteiger partial charge is 0.0399 e. The Balaban J connectivity index is 1.42. The summed E-state index contributed by atoms with van der Waals surface area (Å²) in [6.07, 6.45) is 0. The second-order valence-corrected chi connectivity index (χ2v) is 8.04. The van der Waals surface area contributed by atoms with Crippen molar-refractivity contribution in [3.63, 3.8) is 0 Å². The molecule has 2 aromatic carbocycles. The molecule has 0 radical (unpaired) electrons. The highest BCUT2D eigenvalue weighted by atomic mass is 15.3. The summed E-state index contributed by atoms with van der Waals surface area (Å²) in [5.74, 6) is 1.04. The summed E-state index contributed by atoms with van der Waals surface area (Å²) in [4.78, 5) is 5.06. The van der Waals surface area contributed by atoms with Crippen LogP contribution in [0.15, 0.2) is 60.8 Å². The summed E-state index contributed by atoms with van der Waals surface area (Å²) in [6, 6.07) is 17.7. The van der Waals surface area contributed by atoms with Gasteiger partial charge < -0.3 is 15.1 Å². The van der Waals surface area contributed by atoms with E-state index >= 15 is 0 Å². The van der Waals surface area contributed by atoms with Crippen molar-refractivity contribution in [1.82, 2.24) is 10.2 Å². The third-order valence-electron chi connectivity index (χ3n) is 6.26. The van der Waals surface area contributed by atoms with Crippen molar-refractivity contribution < 1.29 is 0 Å². The summed E-state index contributed by atoms with van der Waals surface area (Å²) in [7, 11) is 0. The monoisotopic (exact) mass is 361 g/mol. The van der Waals surface area contributed by atoms with Gasteiger partial charge in [0.25, 0.3) is 0 Å². The second-order valence-electron chi connectivity index (χ2n) is 8.04. The van der Waals surface area contributed by atoms with Gasteiger partial charge in [0, 0.05) is 62.5 Å². The zero-order valence-electron chi connectivity index (χ0n) is 16.6. The molecule has 0 aromatic heterocycles. The molecule has 2 saturated heterocycles. The number of benzene rings is 2. The van der Waals surface area contributed by atoms with Crippen LogP contribution in [0.1, 0.15) is 22.6 Å². The van der Waals surface area contributed by atoms with Gasteiger partial charge in [0.15, 0.2) is 0 Å². The van der Waals surface area contributed by atoms with Crippen LogP contribution < -0.4 is 10.2 Å². The summed E-state index contributed by atoms with van der Waals surface area (Å²) in [5, 5.41) is 3.59. The Kier molecular flexibility index (Phi) is 5.22. The molecular formula is C24H31N3. The van der Waals surface area contributed by atoms with Gasteiger partial charge in [-0.2, -0.15) is 0 Å². The van der Waals surface area contributed by atoms with E-state index in [9.17, 15) is 0 Å². The minimum atomic E-state index is 0.500. The van der Waals surface area contributed by atoms with Crippen LogP contribution >= 0.6 is 0 Å². The van der Waals surface area contributed by atoms with Gasteiger partial charge in [-0.1, -0.05) is 49.0 Å². The number of hydrogen-bond acceptors (Lipinski definition) is 3. The molecule has 1 N–H and O–H groups in total. The van der Waals surface area contributed by atoms with Crippen molar-refractivity contribution >= 4 is 5.69 Å². The molecule has 2 heterocycles. The van der Waals surface area contributed by atoms with Gasteiger partial charge in [0.2, 0.25) is 0 Å². The van der Waals surface area contributed by atoms with E-state index in [1.54, 1.807) is 0 Å². The van der Waals surface area contributed by atoms with E-state index in [2.05, 4.69) is 84.1 Å². The molecular weight excluding hydrogens is 330 g/mol. The number of piperazine rings is 1. The van der Waals surface area contributed by atoms with Crippen molar-refractivity contribution in [3.8, 4) is 0 Å². The average molecular weight is 362 g/mol. The summed E-state index contributed by atoms with van der Waals surface area (Å²) in [5.41, 5.74) is 6.85. The van der Waals surface area contributed by atoms with E-state index in [4.69, 9.17) is 0 Å². The first-order chi connectivity index (χ1) is 13.1. The Morgan fingerprint density at radius 1 is 0.963 bits per heavy atom. The summed E-state index contributed by atoms with van der Waals surface area (Å²) >= 11 is 0. The van der Waals surface area contributed by atoms with Crippen molar-refractivity contribution in [3.05, 3.63) is 77.5 Å². The predicted molar refractivity (Wildman–Crippen MR) is 114 cm³/mol. The van der Waals surface area contributed by atoms with Crippen molar-refractivity contribution in [1.29, 1.82) is 0 Å². The van der Waals surface area contributed by atoms with Crippen LogP contribution in [-0.2, 0) is 0 Å². The highest BCUT2D eigenvalue weighted by Crippen LogP contribution is 2.34. The molecule has 2 aliphatic heterocycles. The van der Waals surface area contributed by atoms with Gasteiger partial charge in [-0.3, -0.25) is 0 Å². The number of nitrogens with zero attached hydrogens (tertiary/aromatic N) is 2. The predicted octanol–water partition coefficient (Wildman–Crippen LogP) is 3.94. The zero-order valence-corrected chi connectivity index (χ0v) is 16.6. The van der Waals surface area contributed by atoms with Gasteiger partial charge in [-0.05, 0) is 36.6 Å². The lowest BCUT2D eigenvalue weighted by atomic mass is 9.86.